The molecule has 0 bridgehead atoms. The summed E-state index contributed by atoms with van der Waals surface area (Å²) in [6.07, 6.45) is 0.0398. The van der Waals surface area contributed by atoms with E-state index in [0.717, 1.165) is 11.3 Å². The number of ether oxygens (including phenoxy) is 3. The van der Waals surface area contributed by atoms with Crippen molar-refractivity contribution in [2.45, 2.75) is 39.5 Å². The molecule has 0 saturated carbocycles. The Hall–Kier alpha value is -4.26. The number of hydrogen-bond donors (Lipinski definition) is 1. The van der Waals surface area contributed by atoms with E-state index >= 15 is 0 Å². The molecule has 1 saturated heterocycles. The number of carbonyl (C=O) groups is 2. The average Bonchev–Trinajstić information content (AvgIpc) is 3.14. The van der Waals surface area contributed by atoms with Gasteiger partial charge in [-0.05, 0) is 68.3 Å². The Morgan fingerprint density at radius 1 is 0.946 bits per heavy atom. The van der Waals surface area contributed by atoms with Crippen LogP contribution in [0, 0.1) is 0 Å². The molecule has 1 heterocycles. The predicted octanol–water partition coefficient (Wildman–Crippen LogP) is 5.50. The first-order valence-corrected chi connectivity index (χ1v) is 12.2. The average molecular weight is 502 g/mol. The Bertz CT molecular complexity index is 1310. The van der Waals surface area contributed by atoms with Gasteiger partial charge in [0.15, 0.2) is 0 Å². The highest BCUT2D eigenvalue weighted by Gasteiger charge is 2.46. The number of methoxy groups -OCH3 is 1. The Morgan fingerprint density at radius 2 is 1.65 bits per heavy atom. The van der Waals surface area contributed by atoms with Crippen LogP contribution in [0.25, 0.3) is 5.76 Å². The molecule has 1 N–H and O–H groups in total. The minimum absolute atomic E-state index is 0.0201. The Labute approximate surface area is 216 Å². The second-order valence-electron chi connectivity index (χ2n) is 8.98. The van der Waals surface area contributed by atoms with Crippen molar-refractivity contribution in [1.82, 2.24) is 4.90 Å². The zero-order valence-corrected chi connectivity index (χ0v) is 21.4. The van der Waals surface area contributed by atoms with Crippen LogP contribution in [0.4, 0.5) is 0 Å². The molecule has 192 valence electrons. The zero-order valence-electron chi connectivity index (χ0n) is 21.4. The molecule has 1 fully saturated rings. The summed E-state index contributed by atoms with van der Waals surface area (Å²) in [6.45, 7) is 6.39. The fraction of sp³-hybridized carbons (Fsp3) is 0.267. The largest absolute Gasteiger partial charge is 0.507 e. The van der Waals surface area contributed by atoms with Crippen LogP contribution in [0.3, 0.4) is 0 Å². The molecule has 1 aliphatic rings. The van der Waals surface area contributed by atoms with Gasteiger partial charge in [-0.25, -0.2) is 0 Å². The van der Waals surface area contributed by atoms with Gasteiger partial charge in [0.05, 0.1) is 31.4 Å². The summed E-state index contributed by atoms with van der Waals surface area (Å²) < 4.78 is 16.7. The van der Waals surface area contributed by atoms with Gasteiger partial charge < -0.3 is 24.2 Å². The number of carbonyl (C=O) groups excluding carboxylic acids is 2. The normalized spacial score (nSPS) is 16.8. The van der Waals surface area contributed by atoms with E-state index in [4.69, 9.17) is 14.2 Å². The van der Waals surface area contributed by atoms with Crippen LogP contribution in [0.5, 0.6) is 17.2 Å². The van der Waals surface area contributed by atoms with Crippen LogP contribution >= 0.6 is 0 Å². The molecule has 0 aromatic heterocycles. The number of Topliss-reactive ketones (excluding diaryl/α,β-unsaturated/α-hetero) is 1. The van der Waals surface area contributed by atoms with Crippen LogP contribution in [0.15, 0.2) is 78.4 Å². The highest BCUT2D eigenvalue weighted by molar-refractivity contribution is 6.46. The molecule has 1 aliphatic heterocycles. The van der Waals surface area contributed by atoms with E-state index in [2.05, 4.69) is 0 Å². The van der Waals surface area contributed by atoms with Crippen molar-refractivity contribution >= 4 is 17.4 Å². The molecular weight excluding hydrogens is 470 g/mol. The van der Waals surface area contributed by atoms with Crippen molar-refractivity contribution in [2.24, 2.45) is 0 Å². The number of hydrogen-bond acceptors (Lipinski definition) is 6. The summed E-state index contributed by atoms with van der Waals surface area (Å²) in [6, 6.07) is 20.6. The third-order valence-corrected chi connectivity index (χ3v) is 6.02. The van der Waals surface area contributed by atoms with E-state index in [-0.39, 0.29) is 24.0 Å². The quantitative estimate of drug-likeness (QED) is 0.237. The highest BCUT2D eigenvalue weighted by atomic mass is 16.5. The monoisotopic (exact) mass is 501 g/mol. The van der Waals surface area contributed by atoms with Crippen molar-refractivity contribution < 1.29 is 28.9 Å². The number of rotatable bonds is 9. The smallest absolute Gasteiger partial charge is 0.295 e. The molecule has 37 heavy (non-hydrogen) atoms. The SMILES string of the molecule is CCOc1cccc(/C(O)=C2/C(=O)C(=O)N(Cc3ccc(OC(C)C)cc3)C2c2cccc(OC)c2)c1. The fourth-order valence-electron chi connectivity index (χ4n) is 4.40. The summed E-state index contributed by atoms with van der Waals surface area (Å²) in [5, 5.41) is 11.3. The maximum Gasteiger partial charge on any atom is 0.295 e. The first-order valence-electron chi connectivity index (χ1n) is 12.2. The van der Waals surface area contributed by atoms with Crippen LogP contribution in [0.2, 0.25) is 0 Å². The second-order valence-corrected chi connectivity index (χ2v) is 8.98. The number of likely N-dealkylation sites (tertiary alicyclic amines) is 1. The van der Waals surface area contributed by atoms with E-state index in [1.165, 1.54) is 4.90 Å². The second kappa shape index (κ2) is 11.2. The molecule has 7 heteroatoms. The summed E-state index contributed by atoms with van der Waals surface area (Å²) >= 11 is 0. The first kappa shape index (κ1) is 25.8. The third-order valence-electron chi connectivity index (χ3n) is 6.02. The fourth-order valence-corrected chi connectivity index (χ4v) is 4.40. The van der Waals surface area contributed by atoms with Crippen molar-refractivity contribution in [3.8, 4) is 17.2 Å². The summed E-state index contributed by atoms with van der Waals surface area (Å²) in [7, 11) is 1.55. The van der Waals surface area contributed by atoms with Crippen LogP contribution in [0.1, 0.15) is 43.5 Å². The molecule has 1 atom stereocenters. The lowest BCUT2D eigenvalue weighted by Gasteiger charge is -2.26. The van der Waals surface area contributed by atoms with Crippen molar-refractivity contribution in [2.75, 3.05) is 13.7 Å². The first-order chi connectivity index (χ1) is 17.8. The Kier molecular flexibility index (Phi) is 7.82. The number of benzene rings is 3. The zero-order chi connectivity index (χ0) is 26.5. The highest BCUT2D eigenvalue weighted by Crippen LogP contribution is 2.41. The molecule has 0 spiro atoms. The maximum absolute atomic E-state index is 13.4. The van der Waals surface area contributed by atoms with E-state index < -0.39 is 17.7 Å². The van der Waals surface area contributed by atoms with Gasteiger partial charge in [-0.15, -0.1) is 0 Å². The summed E-state index contributed by atoms with van der Waals surface area (Å²) in [5.41, 5.74) is 1.89. The standard InChI is InChI=1S/C30H31NO6/c1-5-36-25-11-7-9-22(17-25)28(32)26-27(21-8-6-10-24(16-21)35-4)31(30(34)29(26)33)18-20-12-14-23(15-13-20)37-19(2)3/h6-17,19,27,32H,5,18H2,1-4H3/b28-26-. The molecule has 1 unspecified atom stereocenters. The van der Waals surface area contributed by atoms with Gasteiger partial charge in [-0.2, -0.15) is 0 Å². The molecular formula is C30H31NO6. The van der Waals surface area contributed by atoms with Crippen LogP contribution < -0.4 is 14.2 Å². The van der Waals surface area contributed by atoms with Gasteiger partial charge in [-0.3, -0.25) is 9.59 Å². The number of nitrogens with zero attached hydrogens (tertiary/aromatic N) is 1. The van der Waals surface area contributed by atoms with Gasteiger partial charge in [0, 0.05) is 12.1 Å². The number of amides is 1. The molecule has 4 rings (SSSR count). The summed E-state index contributed by atoms with van der Waals surface area (Å²) in [4.78, 5) is 28.2. The molecule has 1 amide bonds. The van der Waals surface area contributed by atoms with Crippen molar-refractivity contribution in [3.05, 3.63) is 95.1 Å². The van der Waals surface area contributed by atoms with Gasteiger partial charge in [0.2, 0.25) is 0 Å². The number of aliphatic hydroxyl groups excluding tert-OH is 1. The third kappa shape index (κ3) is 5.61. The maximum atomic E-state index is 13.4. The number of ketones is 1. The predicted molar refractivity (Wildman–Crippen MR) is 141 cm³/mol. The minimum atomic E-state index is -0.808. The molecule has 0 radical (unpaired) electrons. The lowest BCUT2D eigenvalue weighted by molar-refractivity contribution is -0.140. The topological polar surface area (TPSA) is 85.3 Å². The molecule has 3 aromatic rings. The van der Waals surface area contributed by atoms with Crippen molar-refractivity contribution in [3.63, 3.8) is 0 Å². The van der Waals surface area contributed by atoms with Crippen LogP contribution in [-0.4, -0.2) is 41.5 Å². The van der Waals surface area contributed by atoms with E-state index in [1.54, 1.807) is 49.6 Å². The van der Waals surface area contributed by atoms with E-state index in [0.29, 0.717) is 29.2 Å². The van der Waals surface area contributed by atoms with E-state index in [1.807, 2.05) is 51.1 Å². The van der Waals surface area contributed by atoms with E-state index in [9.17, 15) is 14.7 Å². The Balaban J connectivity index is 1.79. The van der Waals surface area contributed by atoms with Gasteiger partial charge in [-0.1, -0.05) is 36.4 Å². The molecule has 0 aliphatic carbocycles. The van der Waals surface area contributed by atoms with Gasteiger partial charge >= 0.3 is 0 Å². The van der Waals surface area contributed by atoms with Crippen LogP contribution in [-0.2, 0) is 16.1 Å². The Morgan fingerprint density at radius 3 is 2.32 bits per heavy atom. The lowest BCUT2D eigenvalue weighted by atomic mass is 9.95. The lowest BCUT2D eigenvalue weighted by Crippen LogP contribution is -2.29. The summed E-state index contributed by atoms with van der Waals surface area (Å²) in [5.74, 6) is 0.180. The minimum Gasteiger partial charge on any atom is -0.507 e. The molecule has 7 nitrogen and oxygen atoms in total. The number of aliphatic hydroxyl groups is 1. The van der Waals surface area contributed by atoms with Gasteiger partial charge in [0.25, 0.3) is 11.7 Å². The molecule has 3 aromatic carbocycles. The van der Waals surface area contributed by atoms with Gasteiger partial charge in [0.1, 0.15) is 23.0 Å². The van der Waals surface area contributed by atoms with Crippen molar-refractivity contribution in [1.29, 1.82) is 0 Å².